The smallest absolute Gasteiger partial charge is 0.199 e. The average Bonchev–Trinajstić information content (AvgIpc) is 2.73. The van der Waals surface area contributed by atoms with Crippen LogP contribution in [-0.4, -0.2) is 39.0 Å². The van der Waals surface area contributed by atoms with Crippen LogP contribution < -0.4 is 0 Å². The van der Waals surface area contributed by atoms with E-state index in [2.05, 4.69) is 8.80 Å². The Labute approximate surface area is 206 Å². The molecule has 6 nitrogen and oxygen atoms in total. The van der Waals surface area contributed by atoms with Crippen molar-refractivity contribution in [3.8, 4) is 0 Å². The van der Waals surface area contributed by atoms with Crippen molar-refractivity contribution in [3.63, 3.8) is 0 Å². The fourth-order valence-electron chi connectivity index (χ4n) is 2.71. The number of benzene rings is 2. The van der Waals surface area contributed by atoms with Crippen molar-refractivity contribution in [1.29, 1.82) is 0 Å². The first kappa shape index (κ1) is 25.2. The SMILES string of the molecule is Cc1ccc(S(=O)(=O)/N=C2C(Cl)=C(Cl)/C(=N/S(=O)(=O)c3ccc(C)cc3)C(Cl)C\2Cl)cc1. The summed E-state index contributed by atoms with van der Waals surface area (Å²) < 4.78 is 58.2. The zero-order valence-electron chi connectivity index (χ0n) is 16.6. The summed E-state index contributed by atoms with van der Waals surface area (Å²) in [5, 5.41) is -3.31. The van der Waals surface area contributed by atoms with Gasteiger partial charge in [-0.15, -0.1) is 23.2 Å². The van der Waals surface area contributed by atoms with Crippen LogP contribution in [0.25, 0.3) is 0 Å². The molecule has 32 heavy (non-hydrogen) atoms. The second kappa shape index (κ2) is 9.44. The van der Waals surface area contributed by atoms with Crippen LogP contribution >= 0.6 is 46.4 Å². The number of halogens is 4. The first-order valence-electron chi connectivity index (χ1n) is 9.01. The normalized spacial score (nSPS) is 22.6. The number of nitrogens with zero attached hydrogens (tertiary/aromatic N) is 2. The molecule has 2 aromatic rings. The minimum Gasteiger partial charge on any atom is -0.199 e. The molecule has 0 aliphatic heterocycles. The second-order valence-electron chi connectivity index (χ2n) is 6.96. The Morgan fingerprint density at radius 3 is 1.19 bits per heavy atom. The molecular weight excluding hydrogens is 538 g/mol. The van der Waals surface area contributed by atoms with Crippen LogP contribution in [0.15, 0.2) is 77.2 Å². The van der Waals surface area contributed by atoms with Crippen LogP contribution in [0.4, 0.5) is 0 Å². The molecule has 0 aromatic heterocycles. The maximum atomic E-state index is 12.7. The lowest BCUT2D eigenvalue weighted by molar-refractivity contribution is 0.596. The van der Waals surface area contributed by atoms with E-state index in [1.165, 1.54) is 24.3 Å². The fraction of sp³-hybridized carbons (Fsp3) is 0.200. The van der Waals surface area contributed by atoms with E-state index in [9.17, 15) is 16.8 Å². The van der Waals surface area contributed by atoms with E-state index in [1.54, 1.807) is 38.1 Å². The van der Waals surface area contributed by atoms with E-state index in [0.717, 1.165) is 11.1 Å². The molecule has 2 atom stereocenters. The van der Waals surface area contributed by atoms with Crippen molar-refractivity contribution < 1.29 is 16.8 Å². The van der Waals surface area contributed by atoms with Gasteiger partial charge in [-0.1, -0.05) is 58.6 Å². The van der Waals surface area contributed by atoms with Gasteiger partial charge in [-0.25, -0.2) is 0 Å². The van der Waals surface area contributed by atoms with E-state index in [0.29, 0.717) is 0 Å². The lowest BCUT2D eigenvalue weighted by Crippen LogP contribution is -2.38. The van der Waals surface area contributed by atoms with E-state index >= 15 is 0 Å². The lowest BCUT2D eigenvalue weighted by atomic mass is 10.0. The van der Waals surface area contributed by atoms with Gasteiger partial charge in [-0.05, 0) is 38.1 Å². The Kier molecular flexibility index (Phi) is 7.44. The zero-order chi connectivity index (χ0) is 23.8. The van der Waals surface area contributed by atoms with Crippen molar-refractivity contribution >= 4 is 77.9 Å². The second-order valence-corrected chi connectivity index (χ2v) is 11.9. The maximum Gasteiger partial charge on any atom is 0.282 e. The quantitative estimate of drug-likeness (QED) is 0.487. The van der Waals surface area contributed by atoms with E-state index in [1.807, 2.05) is 0 Å². The van der Waals surface area contributed by atoms with Crippen LogP contribution in [0.5, 0.6) is 0 Å². The summed E-state index contributed by atoms with van der Waals surface area (Å²) in [5.74, 6) is 0. The van der Waals surface area contributed by atoms with E-state index < -0.39 is 30.8 Å². The van der Waals surface area contributed by atoms with Crippen molar-refractivity contribution in [1.82, 2.24) is 0 Å². The minimum atomic E-state index is -4.18. The predicted octanol–water partition coefficient (Wildman–Crippen LogP) is 5.18. The largest absolute Gasteiger partial charge is 0.282 e. The van der Waals surface area contributed by atoms with E-state index in [-0.39, 0.29) is 31.3 Å². The molecule has 1 aliphatic rings. The highest BCUT2D eigenvalue weighted by Gasteiger charge is 2.39. The lowest BCUT2D eigenvalue weighted by Gasteiger charge is -2.25. The van der Waals surface area contributed by atoms with Gasteiger partial charge in [0.2, 0.25) is 0 Å². The van der Waals surface area contributed by atoms with Gasteiger partial charge in [0.05, 0.1) is 31.3 Å². The molecule has 3 rings (SSSR count). The van der Waals surface area contributed by atoms with Gasteiger partial charge in [0.1, 0.15) is 10.8 Å². The number of aryl methyl sites for hydroxylation is 2. The molecule has 170 valence electrons. The summed E-state index contributed by atoms with van der Waals surface area (Å²) in [6.07, 6.45) is 0. The van der Waals surface area contributed by atoms with E-state index in [4.69, 9.17) is 46.4 Å². The van der Waals surface area contributed by atoms with Crippen molar-refractivity contribution in [2.45, 2.75) is 34.4 Å². The molecule has 0 fully saturated rings. The summed E-state index contributed by atoms with van der Waals surface area (Å²) in [6, 6.07) is 12.0. The Balaban J connectivity index is 2.09. The van der Waals surface area contributed by atoms with Crippen LogP contribution in [0.1, 0.15) is 11.1 Å². The Morgan fingerprint density at radius 1 is 0.625 bits per heavy atom. The monoisotopic (exact) mass is 552 g/mol. The third kappa shape index (κ3) is 5.21. The first-order chi connectivity index (χ1) is 14.8. The molecular formula is C20H16Cl4N2O4S2. The van der Waals surface area contributed by atoms with Gasteiger partial charge < -0.3 is 0 Å². The molecule has 0 saturated carbocycles. The number of hydrogen-bond donors (Lipinski definition) is 0. The number of alkyl halides is 2. The Hall–Kier alpha value is -1.42. The third-order valence-corrected chi connectivity index (χ3v) is 9.01. The highest BCUT2D eigenvalue weighted by atomic mass is 35.5. The standard InChI is InChI=1S/C20H16Cl4N2O4S2/c1-11-3-7-13(8-4-11)31(27,28)25-19-15(21)17(23)20(18(24)16(19)22)26-32(29,30)14-9-5-12(2)6-10-14/h3-10,15,17H,1-2H3/b25-19-,26-20+. The van der Waals surface area contributed by atoms with Gasteiger partial charge >= 0.3 is 0 Å². The third-order valence-electron chi connectivity index (χ3n) is 4.50. The molecule has 0 radical (unpaired) electrons. The van der Waals surface area contributed by atoms with Crippen molar-refractivity contribution in [3.05, 3.63) is 69.7 Å². The van der Waals surface area contributed by atoms with Gasteiger partial charge in [0.25, 0.3) is 20.0 Å². The molecule has 0 saturated heterocycles. The van der Waals surface area contributed by atoms with Crippen LogP contribution in [-0.2, 0) is 20.0 Å². The fourth-order valence-corrected chi connectivity index (χ4v) is 6.20. The number of sulfonamides is 2. The molecule has 0 spiro atoms. The van der Waals surface area contributed by atoms with Crippen LogP contribution in [0.3, 0.4) is 0 Å². The van der Waals surface area contributed by atoms with Crippen molar-refractivity contribution in [2.24, 2.45) is 8.80 Å². The van der Waals surface area contributed by atoms with Crippen LogP contribution in [0, 0.1) is 13.8 Å². The van der Waals surface area contributed by atoms with Crippen LogP contribution in [0.2, 0.25) is 0 Å². The first-order valence-corrected chi connectivity index (χ1v) is 13.5. The predicted molar refractivity (Wildman–Crippen MR) is 130 cm³/mol. The molecule has 2 unspecified atom stereocenters. The molecule has 1 aliphatic carbocycles. The molecule has 0 amide bonds. The highest BCUT2D eigenvalue weighted by Crippen LogP contribution is 2.35. The Morgan fingerprint density at radius 2 is 0.906 bits per heavy atom. The molecule has 0 bridgehead atoms. The summed E-state index contributed by atoms with van der Waals surface area (Å²) in [6.45, 7) is 3.61. The van der Waals surface area contributed by atoms with Gasteiger partial charge in [-0.2, -0.15) is 25.6 Å². The van der Waals surface area contributed by atoms with Crippen molar-refractivity contribution in [2.75, 3.05) is 0 Å². The maximum absolute atomic E-state index is 12.7. The molecule has 2 aromatic carbocycles. The van der Waals surface area contributed by atoms with Gasteiger partial charge in [0.15, 0.2) is 0 Å². The summed E-state index contributed by atoms with van der Waals surface area (Å²) >= 11 is 25.1. The van der Waals surface area contributed by atoms with Gasteiger partial charge in [-0.3, -0.25) is 0 Å². The summed E-state index contributed by atoms with van der Waals surface area (Å²) in [5.41, 5.74) is 1.13. The number of rotatable bonds is 4. The number of hydrogen-bond acceptors (Lipinski definition) is 4. The molecule has 0 heterocycles. The molecule has 0 N–H and O–H groups in total. The highest BCUT2D eigenvalue weighted by molar-refractivity contribution is 7.90. The zero-order valence-corrected chi connectivity index (χ0v) is 21.3. The summed E-state index contributed by atoms with van der Waals surface area (Å²) in [7, 11) is -8.36. The number of allylic oxidation sites excluding steroid dienone is 2. The summed E-state index contributed by atoms with van der Waals surface area (Å²) in [4.78, 5) is -0.153. The molecule has 12 heteroatoms. The topological polar surface area (TPSA) is 93.0 Å². The minimum absolute atomic E-state index is 0.0763. The average molecular weight is 554 g/mol. The van der Waals surface area contributed by atoms with Gasteiger partial charge in [0, 0.05) is 0 Å². The Bertz CT molecular complexity index is 1240.